The Bertz CT molecular complexity index is 772. The second-order valence-electron chi connectivity index (χ2n) is 6.42. The standard InChI is InChI=1S/C16H18N4O3S/c1-10-5-2-3-7-16(10)14(21)20(15(22)17-16)9-12-18-19-13(23-12)11-6-4-8-24-11/h4,6,8,10H,2-3,5,7,9H2,1H3,(H,17,22). The molecular formula is C16H18N4O3S. The molecule has 2 aromatic heterocycles. The SMILES string of the molecule is CC1CCCCC12NC(=O)N(Cc1nnc(-c3cccs3)o1)C2=O. The van der Waals surface area contributed by atoms with Crippen molar-refractivity contribution in [2.24, 2.45) is 5.92 Å². The molecular weight excluding hydrogens is 328 g/mol. The van der Waals surface area contributed by atoms with E-state index in [1.807, 2.05) is 24.4 Å². The second-order valence-corrected chi connectivity index (χ2v) is 7.37. The maximum Gasteiger partial charge on any atom is 0.325 e. The van der Waals surface area contributed by atoms with E-state index in [2.05, 4.69) is 15.5 Å². The van der Waals surface area contributed by atoms with Gasteiger partial charge in [-0.15, -0.1) is 21.5 Å². The third-order valence-corrected chi connectivity index (χ3v) is 5.85. The highest BCUT2D eigenvalue weighted by Gasteiger charge is 2.55. The smallest absolute Gasteiger partial charge is 0.325 e. The predicted octanol–water partition coefficient (Wildman–Crippen LogP) is 2.80. The first-order valence-electron chi connectivity index (χ1n) is 8.10. The summed E-state index contributed by atoms with van der Waals surface area (Å²) in [6.45, 7) is 2.04. The molecule has 4 rings (SSSR count). The maximum absolute atomic E-state index is 12.9. The maximum atomic E-state index is 12.9. The number of rotatable bonds is 3. The molecule has 1 spiro atoms. The Morgan fingerprint density at radius 1 is 1.42 bits per heavy atom. The molecule has 3 amide bonds. The summed E-state index contributed by atoms with van der Waals surface area (Å²) in [6.07, 6.45) is 3.69. The summed E-state index contributed by atoms with van der Waals surface area (Å²) in [6, 6.07) is 3.41. The number of aromatic nitrogens is 2. The molecule has 24 heavy (non-hydrogen) atoms. The molecule has 1 aliphatic heterocycles. The third-order valence-electron chi connectivity index (χ3n) is 4.99. The van der Waals surface area contributed by atoms with Crippen molar-refractivity contribution in [2.75, 3.05) is 0 Å². The van der Waals surface area contributed by atoms with Crippen LogP contribution < -0.4 is 5.32 Å². The molecule has 1 aliphatic carbocycles. The first kappa shape index (κ1) is 15.3. The van der Waals surface area contributed by atoms with E-state index in [1.165, 1.54) is 16.2 Å². The van der Waals surface area contributed by atoms with Crippen LogP contribution in [0.1, 0.15) is 38.5 Å². The third kappa shape index (κ3) is 2.32. The van der Waals surface area contributed by atoms with Gasteiger partial charge in [-0.05, 0) is 30.2 Å². The molecule has 1 saturated carbocycles. The van der Waals surface area contributed by atoms with Crippen LogP contribution in [0.25, 0.3) is 10.8 Å². The van der Waals surface area contributed by atoms with Gasteiger partial charge in [0.05, 0.1) is 4.88 Å². The zero-order chi connectivity index (χ0) is 16.7. The minimum Gasteiger partial charge on any atom is -0.418 e. The minimum absolute atomic E-state index is 0.0114. The number of imide groups is 1. The van der Waals surface area contributed by atoms with Gasteiger partial charge < -0.3 is 9.73 Å². The van der Waals surface area contributed by atoms with Gasteiger partial charge in [-0.1, -0.05) is 25.8 Å². The summed E-state index contributed by atoms with van der Waals surface area (Å²) in [7, 11) is 0. The molecule has 2 atom stereocenters. The molecule has 2 aliphatic rings. The number of carbonyl (C=O) groups is 2. The lowest BCUT2D eigenvalue weighted by molar-refractivity contribution is -0.134. The van der Waals surface area contributed by atoms with Gasteiger partial charge in [0.1, 0.15) is 12.1 Å². The van der Waals surface area contributed by atoms with Crippen molar-refractivity contribution in [1.29, 1.82) is 0 Å². The summed E-state index contributed by atoms with van der Waals surface area (Å²) < 4.78 is 5.60. The van der Waals surface area contributed by atoms with Crippen LogP contribution >= 0.6 is 11.3 Å². The average Bonchev–Trinajstić information content (AvgIpc) is 3.28. The van der Waals surface area contributed by atoms with Gasteiger partial charge in [-0.2, -0.15) is 0 Å². The van der Waals surface area contributed by atoms with Crippen molar-refractivity contribution in [2.45, 2.75) is 44.7 Å². The Hall–Kier alpha value is -2.22. The predicted molar refractivity (Wildman–Crippen MR) is 87.1 cm³/mol. The van der Waals surface area contributed by atoms with Crippen LogP contribution in [0, 0.1) is 5.92 Å². The lowest BCUT2D eigenvalue weighted by Crippen LogP contribution is -2.53. The van der Waals surface area contributed by atoms with E-state index in [4.69, 9.17) is 4.42 Å². The zero-order valence-electron chi connectivity index (χ0n) is 13.3. The fourth-order valence-electron chi connectivity index (χ4n) is 3.59. The Kier molecular flexibility index (Phi) is 3.64. The van der Waals surface area contributed by atoms with E-state index in [0.29, 0.717) is 12.3 Å². The molecule has 2 unspecified atom stereocenters. The fraction of sp³-hybridized carbons (Fsp3) is 0.500. The Morgan fingerprint density at radius 2 is 2.29 bits per heavy atom. The van der Waals surface area contributed by atoms with Gasteiger partial charge in [-0.25, -0.2) is 4.79 Å². The molecule has 126 valence electrons. The fourth-order valence-corrected chi connectivity index (χ4v) is 4.24. The molecule has 1 saturated heterocycles. The van der Waals surface area contributed by atoms with Crippen molar-refractivity contribution >= 4 is 23.3 Å². The first-order valence-corrected chi connectivity index (χ1v) is 8.98. The number of thiophene rings is 1. The van der Waals surface area contributed by atoms with E-state index in [0.717, 1.165) is 24.1 Å². The van der Waals surface area contributed by atoms with E-state index in [-0.39, 0.29) is 30.3 Å². The highest BCUT2D eigenvalue weighted by atomic mass is 32.1. The van der Waals surface area contributed by atoms with Gasteiger partial charge in [0.25, 0.3) is 11.8 Å². The van der Waals surface area contributed by atoms with Crippen LogP contribution in [0.2, 0.25) is 0 Å². The molecule has 0 bridgehead atoms. The summed E-state index contributed by atoms with van der Waals surface area (Å²) in [4.78, 5) is 27.3. The van der Waals surface area contributed by atoms with Gasteiger partial charge in [0.2, 0.25) is 5.89 Å². The zero-order valence-corrected chi connectivity index (χ0v) is 14.1. The second kappa shape index (κ2) is 5.70. The average molecular weight is 346 g/mol. The summed E-state index contributed by atoms with van der Waals surface area (Å²) in [5, 5.41) is 12.8. The van der Waals surface area contributed by atoms with Crippen LogP contribution in [0.3, 0.4) is 0 Å². The number of hydrogen-bond acceptors (Lipinski definition) is 6. The van der Waals surface area contributed by atoms with E-state index in [9.17, 15) is 9.59 Å². The number of urea groups is 1. The number of carbonyl (C=O) groups excluding carboxylic acids is 2. The highest BCUT2D eigenvalue weighted by Crippen LogP contribution is 2.38. The summed E-state index contributed by atoms with van der Waals surface area (Å²) in [5.74, 6) is 0.642. The largest absolute Gasteiger partial charge is 0.418 e. The van der Waals surface area contributed by atoms with E-state index < -0.39 is 5.54 Å². The van der Waals surface area contributed by atoms with Crippen LogP contribution in [-0.2, 0) is 11.3 Å². The molecule has 0 radical (unpaired) electrons. The number of nitrogens with zero attached hydrogens (tertiary/aromatic N) is 3. The number of nitrogens with one attached hydrogen (secondary N) is 1. The lowest BCUT2D eigenvalue weighted by atomic mass is 9.73. The quantitative estimate of drug-likeness (QED) is 0.863. The van der Waals surface area contributed by atoms with Gasteiger partial charge in [-0.3, -0.25) is 9.69 Å². The van der Waals surface area contributed by atoms with Crippen molar-refractivity contribution in [3.05, 3.63) is 23.4 Å². The van der Waals surface area contributed by atoms with Gasteiger partial charge in [0.15, 0.2) is 0 Å². The van der Waals surface area contributed by atoms with E-state index in [1.54, 1.807) is 0 Å². The van der Waals surface area contributed by atoms with Crippen LogP contribution in [-0.4, -0.2) is 32.6 Å². The monoisotopic (exact) mass is 346 g/mol. The van der Waals surface area contributed by atoms with Crippen molar-refractivity contribution in [3.63, 3.8) is 0 Å². The van der Waals surface area contributed by atoms with Gasteiger partial charge in [0, 0.05) is 0 Å². The van der Waals surface area contributed by atoms with Crippen LogP contribution in [0.5, 0.6) is 0 Å². The Labute approximate surface area is 143 Å². The van der Waals surface area contributed by atoms with Gasteiger partial charge >= 0.3 is 6.03 Å². The summed E-state index contributed by atoms with van der Waals surface area (Å²) >= 11 is 1.49. The lowest BCUT2D eigenvalue weighted by Gasteiger charge is -2.36. The van der Waals surface area contributed by atoms with Crippen molar-refractivity contribution in [1.82, 2.24) is 20.4 Å². The molecule has 1 N–H and O–H groups in total. The number of hydrogen-bond donors (Lipinski definition) is 1. The van der Waals surface area contributed by atoms with E-state index >= 15 is 0 Å². The minimum atomic E-state index is -0.758. The summed E-state index contributed by atoms with van der Waals surface area (Å²) in [5.41, 5.74) is -0.758. The normalized spacial score (nSPS) is 27.0. The van der Waals surface area contributed by atoms with Crippen molar-refractivity contribution in [3.8, 4) is 10.8 Å². The molecule has 0 aromatic carbocycles. The van der Waals surface area contributed by atoms with Crippen molar-refractivity contribution < 1.29 is 14.0 Å². The highest BCUT2D eigenvalue weighted by molar-refractivity contribution is 7.13. The molecule has 2 fully saturated rings. The topological polar surface area (TPSA) is 88.3 Å². The number of amides is 3. The van der Waals surface area contributed by atoms with Crippen LogP contribution in [0.4, 0.5) is 4.79 Å². The molecule has 2 aromatic rings. The van der Waals surface area contributed by atoms with Crippen LogP contribution in [0.15, 0.2) is 21.9 Å². The molecule has 7 nitrogen and oxygen atoms in total. The Morgan fingerprint density at radius 3 is 3.04 bits per heavy atom. The molecule has 8 heteroatoms. The Balaban J connectivity index is 1.55. The molecule has 3 heterocycles. The first-order chi connectivity index (χ1) is 11.6.